The zero-order chi connectivity index (χ0) is 16.7. The zero-order valence-electron chi connectivity index (χ0n) is 13.5. The van der Waals surface area contributed by atoms with Gasteiger partial charge >= 0.3 is 0 Å². The van der Waals surface area contributed by atoms with Crippen molar-refractivity contribution in [3.63, 3.8) is 0 Å². The fourth-order valence-corrected chi connectivity index (χ4v) is 2.04. The fraction of sp³-hybridized carbons (Fsp3) is 0.278. The molecule has 0 unspecified atom stereocenters. The van der Waals surface area contributed by atoms with E-state index in [2.05, 4.69) is 12.2 Å². The first-order valence-corrected chi connectivity index (χ1v) is 7.61. The Hall–Kier alpha value is -2.69. The first kappa shape index (κ1) is 16.7. The molecule has 1 amide bonds. The molecular weight excluding hydrogens is 292 g/mol. The summed E-state index contributed by atoms with van der Waals surface area (Å²) in [6, 6.07) is 12.2. The second-order valence-corrected chi connectivity index (χ2v) is 5.14. The van der Waals surface area contributed by atoms with E-state index in [1.807, 2.05) is 6.07 Å². The molecular formula is C18H22N2O3. The van der Waals surface area contributed by atoms with Crippen LogP contribution >= 0.6 is 0 Å². The lowest BCUT2D eigenvalue weighted by atomic mass is 10.2. The summed E-state index contributed by atoms with van der Waals surface area (Å²) in [6.07, 6.45) is 2.05. The van der Waals surface area contributed by atoms with Crippen molar-refractivity contribution in [2.24, 2.45) is 0 Å². The third kappa shape index (κ3) is 4.64. The number of unbranched alkanes of at least 4 members (excludes halogenated alkanes) is 1. The third-order valence-electron chi connectivity index (χ3n) is 3.37. The maximum absolute atomic E-state index is 12.3. The van der Waals surface area contributed by atoms with Crippen LogP contribution in [-0.2, 0) is 0 Å². The van der Waals surface area contributed by atoms with Gasteiger partial charge in [-0.1, -0.05) is 19.4 Å². The maximum atomic E-state index is 12.3. The average molecular weight is 314 g/mol. The standard InChI is InChI=1S/C18H22N2O3/c1-3-4-10-23-15-7-5-6-13(11-15)18(21)20-17-9-8-14(22-2)12-16(17)19/h5-9,11-12H,3-4,10,19H2,1-2H3,(H,20,21). The van der Waals surface area contributed by atoms with Gasteiger partial charge in [-0.3, -0.25) is 4.79 Å². The van der Waals surface area contributed by atoms with Gasteiger partial charge in [-0.05, 0) is 36.8 Å². The largest absolute Gasteiger partial charge is 0.497 e. The quantitative estimate of drug-likeness (QED) is 0.603. The number of nitrogen functional groups attached to an aromatic ring is 1. The molecule has 2 aromatic rings. The number of nitrogens with two attached hydrogens (primary N) is 1. The molecule has 0 aliphatic heterocycles. The van der Waals surface area contributed by atoms with Crippen molar-refractivity contribution in [3.8, 4) is 11.5 Å². The SMILES string of the molecule is CCCCOc1cccc(C(=O)Nc2ccc(OC)cc2N)c1. The lowest BCUT2D eigenvalue weighted by Crippen LogP contribution is -2.13. The summed E-state index contributed by atoms with van der Waals surface area (Å²) < 4.78 is 10.7. The number of carbonyl (C=O) groups is 1. The molecule has 0 fully saturated rings. The van der Waals surface area contributed by atoms with E-state index in [-0.39, 0.29) is 5.91 Å². The molecule has 0 spiro atoms. The number of hydrogen-bond acceptors (Lipinski definition) is 4. The Kier molecular flexibility index (Phi) is 5.86. The van der Waals surface area contributed by atoms with Crippen molar-refractivity contribution in [2.75, 3.05) is 24.8 Å². The van der Waals surface area contributed by atoms with Crippen LogP contribution < -0.4 is 20.5 Å². The Bertz CT molecular complexity index is 671. The Balaban J connectivity index is 2.07. The van der Waals surface area contributed by atoms with Crippen LogP contribution in [0, 0.1) is 0 Å². The number of benzene rings is 2. The highest BCUT2D eigenvalue weighted by Gasteiger charge is 2.10. The van der Waals surface area contributed by atoms with Gasteiger partial charge in [-0.25, -0.2) is 0 Å². The lowest BCUT2D eigenvalue weighted by Gasteiger charge is -2.11. The highest BCUT2D eigenvalue weighted by atomic mass is 16.5. The van der Waals surface area contributed by atoms with Gasteiger partial charge in [0, 0.05) is 11.6 Å². The molecule has 2 rings (SSSR count). The number of amides is 1. The normalized spacial score (nSPS) is 10.2. The van der Waals surface area contributed by atoms with Gasteiger partial charge in [0.15, 0.2) is 0 Å². The van der Waals surface area contributed by atoms with Crippen molar-refractivity contribution in [1.29, 1.82) is 0 Å². The number of ether oxygens (including phenoxy) is 2. The summed E-state index contributed by atoms with van der Waals surface area (Å²) in [5, 5.41) is 2.80. The van der Waals surface area contributed by atoms with Crippen LogP contribution in [0.2, 0.25) is 0 Å². The molecule has 5 nitrogen and oxygen atoms in total. The minimum absolute atomic E-state index is 0.234. The van der Waals surface area contributed by atoms with E-state index in [4.69, 9.17) is 15.2 Å². The summed E-state index contributed by atoms with van der Waals surface area (Å²) in [4.78, 5) is 12.3. The van der Waals surface area contributed by atoms with E-state index in [0.717, 1.165) is 12.8 Å². The molecule has 0 bridgehead atoms. The Morgan fingerprint density at radius 2 is 2.00 bits per heavy atom. The van der Waals surface area contributed by atoms with Crippen LogP contribution in [0.5, 0.6) is 11.5 Å². The second-order valence-electron chi connectivity index (χ2n) is 5.14. The molecule has 0 atom stereocenters. The summed E-state index contributed by atoms with van der Waals surface area (Å²) in [6.45, 7) is 2.75. The van der Waals surface area contributed by atoms with Crippen molar-refractivity contribution < 1.29 is 14.3 Å². The summed E-state index contributed by atoms with van der Waals surface area (Å²) >= 11 is 0. The Morgan fingerprint density at radius 3 is 2.70 bits per heavy atom. The van der Waals surface area contributed by atoms with E-state index >= 15 is 0 Å². The van der Waals surface area contributed by atoms with E-state index in [1.54, 1.807) is 43.5 Å². The van der Waals surface area contributed by atoms with Crippen LogP contribution in [0.15, 0.2) is 42.5 Å². The average Bonchev–Trinajstić information content (AvgIpc) is 2.57. The molecule has 0 heterocycles. The fourth-order valence-electron chi connectivity index (χ4n) is 2.04. The van der Waals surface area contributed by atoms with Crippen LogP contribution in [0.1, 0.15) is 30.1 Å². The van der Waals surface area contributed by atoms with Crippen LogP contribution in [0.25, 0.3) is 0 Å². The maximum Gasteiger partial charge on any atom is 0.255 e. The van der Waals surface area contributed by atoms with Crippen LogP contribution in [-0.4, -0.2) is 19.6 Å². The van der Waals surface area contributed by atoms with Gasteiger partial charge in [-0.2, -0.15) is 0 Å². The van der Waals surface area contributed by atoms with Gasteiger partial charge in [0.25, 0.3) is 5.91 Å². The van der Waals surface area contributed by atoms with Crippen molar-refractivity contribution in [3.05, 3.63) is 48.0 Å². The van der Waals surface area contributed by atoms with Crippen molar-refractivity contribution in [2.45, 2.75) is 19.8 Å². The molecule has 0 aromatic heterocycles. The van der Waals surface area contributed by atoms with Gasteiger partial charge in [-0.15, -0.1) is 0 Å². The van der Waals surface area contributed by atoms with E-state index in [0.29, 0.717) is 35.0 Å². The first-order chi connectivity index (χ1) is 11.1. The number of carbonyl (C=O) groups excluding carboxylic acids is 1. The molecule has 23 heavy (non-hydrogen) atoms. The molecule has 5 heteroatoms. The Labute approximate surface area is 136 Å². The van der Waals surface area contributed by atoms with Gasteiger partial charge < -0.3 is 20.5 Å². The molecule has 0 aliphatic carbocycles. The zero-order valence-corrected chi connectivity index (χ0v) is 13.5. The molecule has 3 N–H and O–H groups in total. The third-order valence-corrected chi connectivity index (χ3v) is 3.37. The Morgan fingerprint density at radius 1 is 1.17 bits per heavy atom. The van der Waals surface area contributed by atoms with Gasteiger partial charge in [0.05, 0.1) is 25.1 Å². The smallest absolute Gasteiger partial charge is 0.255 e. The molecule has 122 valence electrons. The highest BCUT2D eigenvalue weighted by molar-refractivity contribution is 6.06. The number of rotatable bonds is 7. The monoisotopic (exact) mass is 314 g/mol. The van der Waals surface area contributed by atoms with Crippen molar-refractivity contribution >= 4 is 17.3 Å². The minimum Gasteiger partial charge on any atom is -0.497 e. The number of methoxy groups -OCH3 is 1. The summed E-state index contributed by atoms with van der Waals surface area (Å²) in [7, 11) is 1.57. The topological polar surface area (TPSA) is 73.6 Å². The van der Waals surface area contributed by atoms with Gasteiger partial charge in [0.1, 0.15) is 11.5 Å². The molecule has 0 radical (unpaired) electrons. The van der Waals surface area contributed by atoms with Gasteiger partial charge in [0.2, 0.25) is 0 Å². The number of hydrogen-bond donors (Lipinski definition) is 2. The molecule has 0 aliphatic rings. The van der Waals surface area contributed by atoms with E-state index in [1.165, 1.54) is 0 Å². The lowest BCUT2D eigenvalue weighted by molar-refractivity contribution is 0.102. The molecule has 0 saturated carbocycles. The number of anilines is 2. The van der Waals surface area contributed by atoms with E-state index < -0.39 is 0 Å². The predicted octanol–water partition coefficient (Wildman–Crippen LogP) is 3.71. The predicted molar refractivity (Wildman–Crippen MR) is 92.2 cm³/mol. The van der Waals surface area contributed by atoms with E-state index in [9.17, 15) is 4.79 Å². The van der Waals surface area contributed by atoms with Crippen LogP contribution in [0.4, 0.5) is 11.4 Å². The second kappa shape index (κ2) is 8.08. The summed E-state index contributed by atoms with van der Waals surface area (Å²) in [5.41, 5.74) is 7.44. The molecule has 0 saturated heterocycles. The molecule has 2 aromatic carbocycles. The minimum atomic E-state index is -0.234. The highest BCUT2D eigenvalue weighted by Crippen LogP contribution is 2.25. The summed E-state index contributed by atoms with van der Waals surface area (Å²) in [5.74, 6) is 1.10. The van der Waals surface area contributed by atoms with Crippen LogP contribution in [0.3, 0.4) is 0 Å². The number of nitrogens with one attached hydrogen (secondary N) is 1. The van der Waals surface area contributed by atoms with Crippen molar-refractivity contribution in [1.82, 2.24) is 0 Å². The first-order valence-electron chi connectivity index (χ1n) is 7.61.